The van der Waals surface area contributed by atoms with E-state index in [9.17, 15) is 9.59 Å². The standard InChI is InChI=1S/C10H16N2O4/c13-9(14)8-7-12(5-6-16-8)10(15)11-3-1-2-4-11/h8H,1-7H2,(H,13,14). The third-order valence-electron chi connectivity index (χ3n) is 2.99. The first-order chi connectivity index (χ1) is 7.68. The molecule has 2 rings (SSSR count). The van der Waals surface area contributed by atoms with E-state index in [4.69, 9.17) is 9.84 Å². The minimum atomic E-state index is -1.00. The summed E-state index contributed by atoms with van der Waals surface area (Å²) in [6.45, 7) is 2.52. The van der Waals surface area contributed by atoms with Gasteiger partial charge in [-0.1, -0.05) is 0 Å². The molecule has 2 saturated heterocycles. The maximum absolute atomic E-state index is 12.0. The van der Waals surface area contributed by atoms with Crippen LogP contribution in [0.25, 0.3) is 0 Å². The first kappa shape index (κ1) is 11.2. The van der Waals surface area contributed by atoms with Gasteiger partial charge in [-0.25, -0.2) is 9.59 Å². The Labute approximate surface area is 93.8 Å². The van der Waals surface area contributed by atoms with Crippen molar-refractivity contribution in [3.63, 3.8) is 0 Å². The Hall–Kier alpha value is -1.30. The number of likely N-dealkylation sites (tertiary alicyclic amines) is 1. The summed E-state index contributed by atoms with van der Waals surface area (Å²) in [4.78, 5) is 26.1. The molecule has 90 valence electrons. The lowest BCUT2D eigenvalue weighted by molar-refractivity contribution is -0.154. The number of morpholine rings is 1. The van der Waals surface area contributed by atoms with Crippen molar-refractivity contribution in [1.29, 1.82) is 0 Å². The van der Waals surface area contributed by atoms with Crippen LogP contribution in [0.5, 0.6) is 0 Å². The van der Waals surface area contributed by atoms with Gasteiger partial charge in [-0.3, -0.25) is 0 Å². The maximum Gasteiger partial charge on any atom is 0.334 e. The smallest absolute Gasteiger partial charge is 0.334 e. The lowest BCUT2D eigenvalue weighted by Gasteiger charge is -2.33. The second-order valence-electron chi connectivity index (χ2n) is 4.12. The highest BCUT2D eigenvalue weighted by molar-refractivity contribution is 5.77. The largest absolute Gasteiger partial charge is 0.479 e. The molecule has 0 radical (unpaired) electrons. The van der Waals surface area contributed by atoms with Crippen molar-refractivity contribution in [2.24, 2.45) is 0 Å². The summed E-state index contributed by atoms with van der Waals surface area (Å²) in [6, 6.07) is -0.0490. The zero-order chi connectivity index (χ0) is 11.5. The Kier molecular flexibility index (Phi) is 3.28. The van der Waals surface area contributed by atoms with Crippen molar-refractivity contribution in [2.45, 2.75) is 18.9 Å². The van der Waals surface area contributed by atoms with Gasteiger partial charge in [0.1, 0.15) is 0 Å². The number of amides is 2. The van der Waals surface area contributed by atoms with Crippen LogP contribution in [0.3, 0.4) is 0 Å². The first-order valence-electron chi connectivity index (χ1n) is 5.57. The third kappa shape index (κ3) is 2.27. The van der Waals surface area contributed by atoms with E-state index in [1.54, 1.807) is 9.80 Å². The second-order valence-corrected chi connectivity index (χ2v) is 4.12. The molecule has 0 saturated carbocycles. The highest BCUT2D eigenvalue weighted by Crippen LogP contribution is 2.13. The summed E-state index contributed by atoms with van der Waals surface area (Å²) in [6.07, 6.45) is 1.21. The van der Waals surface area contributed by atoms with Crippen LogP contribution in [0.15, 0.2) is 0 Å². The number of aliphatic carboxylic acids is 1. The van der Waals surface area contributed by atoms with Crippen molar-refractivity contribution in [1.82, 2.24) is 9.80 Å². The van der Waals surface area contributed by atoms with Crippen molar-refractivity contribution in [2.75, 3.05) is 32.8 Å². The van der Waals surface area contributed by atoms with Gasteiger partial charge in [0, 0.05) is 19.6 Å². The van der Waals surface area contributed by atoms with E-state index in [1.807, 2.05) is 0 Å². The highest BCUT2D eigenvalue weighted by Gasteiger charge is 2.31. The van der Waals surface area contributed by atoms with E-state index in [2.05, 4.69) is 0 Å². The van der Waals surface area contributed by atoms with E-state index in [-0.39, 0.29) is 12.6 Å². The normalized spacial score (nSPS) is 25.9. The number of hydrogen-bond donors (Lipinski definition) is 1. The number of carbonyl (C=O) groups is 2. The number of carboxylic acid groups (broad SMARTS) is 1. The van der Waals surface area contributed by atoms with Crippen molar-refractivity contribution >= 4 is 12.0 Å². The van der Waals surface area contributed by atoms with Crippen LogP contribution in [0.1, 0.15) is 12.8 Å². The van der Waals surface area contributed by atoms with Gasteiger partial charge in [0.2, 0.25) is 0 Å². The lowest BCUT2D eigenvalue weighted by atomic mass is 10.3. The summed E-state index contributed by atoms with van der Waals surface area (Å²) in [5, 5.41) is 8.83. The van der Waals surface area contributed by atoms with Crippen LogP contribution in [0, 0.1) is 0 Å². The molecule has 2 fully saturated rings. The van der Waals surface area contributed by atoms with Crippen molar-refractivity contribution in [3.05, 3.63) is 0 Å². The topological polar surface area (TPSA) is 70.1 Å². The second kappa shape index (κ2) is 4.69. The van der Waals surface area contributed by atoms with Gasteiger partial charge in [-0.2, -0.15) is 0 Å². The molecule has 2 heterocycles. The van der Waals surface area contributed by atoms with E-state index in [1.165, 1.54) is 0 Å². The summed E-state index contributed by atoms with van der Waals surface area (Å²) in [5.74, 6) is -1.00. The Morgan fingerprint density at radius 2 is 1.81 bits per heavy atom. The molecule has 2 aliphatic heterocycles. The van der Waals surface area contributed by atoms with E-state index in [0.717, 1.165) is 25.9 Å². The fraction of sp³-hybridized carbons (Fsp3) is 0.800. The molecule has 16 heavy (non-hydrogen) atoms. The van der Waals surface area contributed by atoms with Crippen LogP contribution in [-0.4, -0.2) is 65.8 Å². The Morgan fingerprint density at radius 3 is 2.44 bits per heavy atom. The molecule has 1 unspecified atom stereocenters. The minimum Gasteiger partial charge on any atom is -0.479 e. The number of urea groups is 1. The van der Waals surface area contributed by atoms with Gasteiger partial charge >= 0.3 is 12.0 Å². The molecule has 0 aromatic rings. The molecule has 2 amide bonds. The average molecular weight is 228 g/mol. The number of carbonyl (C=O) groups excluding carboxylic acids is 1. The summed E-state index contributed by atoms with van der Waals surface area (Å²) in [7, 11) is 0. The molecule has 6 nitrogen and oxygen atoms in total. The molecule has 6 heteroatoms. The third-order valence-corrected chi connectivity index (χ3v) is 2.99. The summed E-state index contributed by atoms with van der Waals surface area (Å²) in [5.41, 5.74) is 0. The predicted octanol–water partition coefficient (Wildman–Crippen LogP) is -0.0124. The lowest BCUT2D eigenvalue weighted by Crippen LogP contribution is -2.52. The van der Waals surface area contributed by atoms with E-state index >= 15 is 0 Å². The maximum atomic E-state index is 12.0. The molecular formula is C10H16N2O4. The van der Waals surface area contributed by atoms with Crippen molar-refractivity contribution < 1.29 is 19.4 Å². The molecule has 2 aliphatic rings. The van der Waals surface area contributed by atoms with Gasteiger partial charge in [0.25, 0.3) is 0 Å². The molecule has 0 aromatic carbocycles. The molecule has 1 N–H and O–H groups in total. The number of ether oxygens (including phenoxy) is 1. The quantitative estimate of drug-likeness (QED) is 0.685. The van der Waals surface area contributed by atoms with Gasteiger partial charge in [-0.05, 0) is 12.8 Å². The predicted molar refractivity (Wildman–Crippen MR) is 55.2 cm³/mol. The first-order valence-corrected chi connectivity index (χ1v) is 5.57. The molecule has 0 bridgehead atoms. The fourth-order valence-electron chi connectivity index (χ4n) is 2.08. The molecular weight excluding hydrogens is 212 g/mol. The molecule has 0 spiro atoms. The van der Waals surface area contributed by atoms with Gasteiger partial charge < -0.3 is 19.6 Å². The number of rotatable bonds is 1. The Morgan fingerprint density at radius 1 is 1.12 bits per heavy atom. The summed E-state index contributed by atoms with van der Waals surface area (Å²) >= 11 is 0. The zero-order valence-electron chi connectivity index (χ0n) is 9.09. The van der Waals surface area contributed by atoms with E-state index < -0.39 is 12.1 Å². The monoisotopic (exact) mass is 228 g/mol. The SMILES string of the molecule is O=C(O)C1CN(C(=O)N2CCCC2)CCO1. The fourth-order valence-corrected chi connectivity index (χ4v) is 2.08. The van der Waals surface area contributed by atoms with Gasteiger partial charge in [0.15, 0.2) is 6.10 Å². The van der Waals surface area contributed by atoms with Crippen molar-refractivity contribution in [3.8, 4) is 0 Å². The van der Waals surface area contributed by atoms with Crippen LogP contribution >= 0.6 is 0 Å². The number of nitrogens with zero attached hydrogens (tertiary/aromatic N) is 2. The van der Waals surface area contributed by atoms with Gasteiger partial charge in [0.05, 0.1) is 13.2 Å². The summed E-state index contributed by atoms with van der Waals surface area (Å²) < 4.78 is 5.07. The van der Waals surface area contributed by atoms with Crippen LogP contribution < -0.4 is 0 Å². The van der Waals surface area contributed by atoms with E-state index in [0.29, 0.717) is 13.2 Å². The van der Waals surface area contributed by atoms with Crippen LogP contribution in [0.2, 0.25) is 0 Å². The minimum absolute atomic E-state index is 0.0490. The number of hydrogen-bond acceptors (Lipinski definition) is 3. The van der Waals surface area contributed by atoms with Crippen LogP contribution in [0.4, 0.5) is 4.79 Å². The Bertz CT molecular complexity index is 289. The highest BCUT2D eigenvalue weighted by atomic mass is 16.5. The molecule has 0 aromatic heterocycles. The average Bonchev–Trinajstić information content (AvgIpc) is 2.81. The zero-order valence-corrected chi connectivity index (χ0v) is 9.09. The van der Waals surface area contributed by atoms with Gasteiger partial charge in [-0.15, -0.1) is 0 Å². The Balaban J connectivity index is 1.93. The molecule has 0 aliphatic carbocycles. The van der Waals surface area contributed by atoms with Crippen LogP contribution in [-0.2, 0) is 9.53 Å². The number of carboxylic acids is 1. The molecule has 1 atom stereocenters.